The standard InChI is InChI=1S/C23H22ClN3O3S/c1-27(23(30)20-8-5-15-31-20)19-7-3-2-6-18(19)22(29)25-14-4-9-21(28)26-17-12-10-16(24)11-13-17/h2-3,5-8,10-13,15H,4,9,14H2,1H3,(H,25,29)(H,26,28). The average Bonchev–Trinajstić information content (AvgIpc) is 3.32. The lowest BCUT2D eigenvalue weighted by molar-refractivity contribution is -0.116. The highest BCUT2D eigenvalue weighted by Crippen LogP contribution is 2.22. The van der Waals surface area contributed by atoms with Gasteiger partial charge in [0.15, 0.2) is 0 Å². The number of rotatable bonds is 8. The van der Waals surface area contributed by atoms with Crippen LogP contribution < -0.4 is 15.5 Å². The highest BCUT2D eigenvalue weighted by atomic mass is 35.5. The fraction of sp³-hybridized carbons (Fsp3) is 0.174. The van der Waals surface area contributed by atoms with E-state index in [1.807, 2.05) is 11.4 Å². The first-order chi connectivity index (χ1) is 15.0. The molecule has 8 heteroatoms. The summed E-state index contributed by atoms with van der Waals surface area (Å²) in [6.07, 6.45) is 0.749. The first-order valence-corrected chi connectivity index (χ1v) is 11.0. The molecule has 3 amide bonds. The van der Waals surface area contributed by atoms with Crippen LogP contribution in [0.4, 0.5) is 11.4 Å². The number of halogens is 1. The molecule has 1 heterocycles. The Hall–Kier alpha value is -3.16. The van der Waals surface area contributed by atoms with Crippen molar-refractivity contribution in [3.8, 4) is 0 Å². The van der Waals surface area contributed by atoms with Crippen molar-refractivity contribution in [3.05, 3.63) is 81.5 Å². The number of nitrogens with zero attached hydrogens (tertiary/aromatic N) is 1. The van der Waals surface area contributed by atoms with Crippen molar-refractivity contribution in [3.63, 3.8) is 0 Å². The summed E-state index contributed by atoms with van der Waals surface area (Å²) in [5, 5.41) is 8.04. The third-order valence-corrected chi connectivity index (χ3v) is 5.65. The molecule has 1 aromatic heterocycles. The van der Waals surface area contributed by atoms with Gasteiger partial charge >= 0.3 is 0 Å². The van der Waals surface area contributed by atoms with Crippen molar-refractivity contribution in [2.75, 3.05) is 23.8 Å². The van der Waals surface area contributed by atoms with Crippen LogP contribution in [-0.2, 0) is 4.79 Å². The lowest BCUT2D eigenvalue weighted by Crippen LogP contribution is -2.31. The third-order valence-electron chi connectivity index (χ3n) is 4.54. The second kappa shape index (κ2) is 10.7. The molecule has 2 aromatic carbocycles. The maximum atomic E-state index is 12.7. The number of nitrogens with one attached hydrogen (secondary N) is 2. The molecule has 0 radical (unpaired) electrons. The summed E-state index contributed by atoms with van der Waals surface area (Å²) in [4.78, 5) is 39.4. The monoisotopic (exact) mass is 455 g/mol. The van der Waals surface area contributed by atoms with E-state index in [4.69, 9.17) is 11.6 Å². The molecule has 0 unspecified atom stereocenters. The summed E-state index contributed by atoms with van der Waals surface area (Å²) >= 11 is 7.18. The lowest BCUT2D eigenvalue weighted by atomic mass is 10.1. The molecule has 3 rings (SSSR count). The number of carbonyl (C=O) groups excluding carboxylic acids is 3. The molecule has 0 spiro atoms. The third kappa shape index (κ3) is 6.16. The topological polar surface area (TPSA) is 78.5 Å². The van der Waals surface area contributed by atoms with Gasteiger partial charge in [-0.25, -0.2) is 0 Å². The zero-order valence-electron chi connectivity index (χ0n) is 16.9. The molecule has 160 valence electrons. The minimum atomic E-state index is -0.292. The molecule has 0 fully saturated rings. The number of benzene rings is 2. The molecule has 0 saturated heterocycles. The van der Waals surface area contributed by atoms with Gasteiger partial charge in [0.2, 0.25) is 5.91 Å². The van der Waals surface area contributed by atoms with E-state index in [2.05, 4.69) is 10.6 Å². The molecule has 0 atom stereocenters. The van der Waals surface area contributed by atoms with Gasteiger partial charge in [0.05, 0.1) is 16.1 Å². The van der Waals surface area contributed by atoms with E-state index in [1.54, 1.807) is 61.6 Å². The van der Waals surface area contributed by atoms with Crippen LogP contribution in [-0.4, -0.2) is 31.3 Å². The zero-order chi connectivity index (χ0) is 22.2. The van der Waals surface area contributed by atoms with Crippen LogP contribution in [0.25, 0.3) is 0 Å². The number of para-hydroxylation sites is 1. The van der Waals surface area contributed by atoms with Gasteiger partial charge in [-0.1, -0.05) is 29.8 Å². The summed E-state index contributed by atoms with van der Waals surface area (Å²) in [7, 11) is 1.65. The van der Waals surface area contributed by atoms with Gasteiger partial charge in [-0.3, -0.25) is 14.4 Å². The zero-order valence-corrected chi connectivity index (χ0v) is 18.5. The Morgan fingerprint density at radius 1 is 1.00 bits per heavy atom. The Kier molecular flexibility index (Phi) is 7.81. The van der Waals surface area contributed by atoms with Crippen LogP contribution >= 0.6 is 22.9 Å². The summed E-state index contributed by atoms with van der Waals surface area (Å²) < 4.78 is 0. The Morgan fingerprint density at radius 2 is 1.74 bits per heavy atom. The summed E-state index contributed by atoms with van der Waals surface area (Å²) in [6, 6.07) is 17.4. The quantitative estimate of drug-likeness (QED) is 0.477. The van der Waals surface area contributed by atoms with Gasteiger partial charge < -0.3 is 15.5 Å². The number of amides is 3. The number of hydrogen-bond donors (Lipinski definition) is 2. The van der Waals surface area contributed by atoms with Crippen LogP contribution in [0.5, 0.6) is 0 Å². The fourth-order valence-corrected chi connectivity index (χ4v) is 3.76. The molecular formula is C23H22ClN3O3S. The van der Waals surface area contributed by atoms with Gasteiger partial charge in [-0.05, 0) is 54.3 Å². The van der Waals surface area contributed by atoms with E-state index in [0.29, 0.717) is 39.8 Å². The molecule has 0 aliphatic rings. The van der Waals surface area contributed by atoms with E-state index < -0.39 is 0 Å². The summed E-state index contributed by atoms with van der Waals surface area (Å²) in [5.74, 6) is -0.605. The smallest absolute Gasteiger partial charge is 0.268 e. The van der Waals surface area contributed by atoms with E-state index >= 15 is 0 Å². The molecule has 0 aliphatic heterocycles. The van der Waals surface area contributed by atoms with E-state index in [9.17, 15) is 14.4 Å². The molecule has 2 N–H and O–H groups in total. The van der Waals surface area contributed by atoms with Gasteiger partial charge in [0, 0.05) is 30.7 Å². The van der Waals surface area contributed by atoms with Crippen molar-refractivity contribution in [1.29, 1.82) is 0 Å². The Morgan fingerprint density at radius 3 is 2.45 bits per heavy atom. The van der Waals surface area contributed by atoms with Crippen molar-refractivity contribution in [2.24, 2.45) is 0 Å². The average molecular weight is 456 g/mol. The normalized spacial score (nSPS) is 10.4. The molecule has 31 heavy (non-hydrogen) atoms. The Balaban J connectivity index is 1.52. The maximum absolute atomic E-state index is 12.7. The van der Waals surface area contributed by atoms with Gasteiger partial charge in [-0.15, -0.1) is 11.3 Å². The second-order valence-electron chi connectivity index (χ2n) is 6.77. The van der Waals surface area contributed by atoms with E-state index in [-0.39, 0.29) is 24.1 Å². The van der Waals surface area contributed by atoms with Crippen LogP contribution in [0.1, 0.15) is 32.9 Å². The molecular weight excluding hydrogens is 434 g/mol. The highest BCUT2D eigenvalue weighted by molar-refractivity contribution is 7.12. The molecule has 0 bridgehead atoms. The Bertz CT molecular complexity index is 1050. The van der Waals surface area contributed by atoms with Crippen LogP contribution in [0, 0.1) is 0 Å². The maximum Gasteiger partial charge on any atom is 0.268 e. The molecule has 3 aromatic rings. The second-order valence-corrected chi connectivity index (χ2v) is 8.16. The van der Waals surface area contributed by atoms with E-state index in [1.165, 1.54) is 16.2 Å². The fourth-order valence-electron chi connectivity index (χ4n) is 2.94. The number of anilines is 2. The van der Waals surface area contributed by atoms with Crippen LogP contribution in [0.2, 0.25) is 5.02 Å². The van der Waals surface area contributed by atoms with E-state index in [0.717, 1.165) is 0 Å². The first kappa shape index (κ1) is 22.5. The van der Waals surface area contributed by atoms with Crippen molar-refractivity contribution < 1.29 is 14.4 Å². The molecule has 6 nitrogen and oxygen atoms in total. The number of carbonyl (C=O) groups is 3. The van der Waals surface area contributed by atoms with Crippen molar-refractivity contribution in [2.45, 2.75) is 12.8 Å². The van der Waals surface area contributed by atoms with Crippen LogP contribution in [0.3, 0.4) is 0 Å². The van der Waals surface area contributed by atoms with Gasteiger partial charge in [0.1, 0.15) is 0 Å². The predicted molar refractivity (Wildman–Crippen MR) is 125 cm³/mol. The SMILES string of the molecule is CN(C(=O)c1cccs1)c1ccccc1C(=O)NCCCC(=O)Nc1ccc(Cl)cc1. The molecule has 0 aliphatic carbocycles. The van der Waals surface area contributed by atoms with Gasteiger partial charge in [-0.2, -0.15) is 0 Å². The largest absolute Gasteiger partial charge is 0.352 e. The summed E-state index contributed by atoms with van der Waals surface area (Å²) in [5.41, 5.74) is 1.60. The van der Waals surface area contributed by atoms with Gasteiger partial charge in [0.25, 0.3) is 11.8 Å². The number of hydrogen-bond acceptors (Lipinski definition) is 4. The Labute approximate surface area is 189 Å². The molecule has 0 saturated carbocycles. The highest BCUT2D eigenvalue weighted by Gasteiger charge is 2.20. The lowest BCUT2D eigenvalue weighted by Gasteiger charge is -2.19. The van der Waals surface area contributed by atoms with Crippen molar-refractivity contribution in [1.82, 2.24) is 5.32 Å². The van der Waals surface area contributed by atoms with Crippen molar-refractivity contribution >= 4 is 52.0 Å². The first-order valence-electron chi connectivity index (χ1n) is 9.70. The minimum absolute atomic E-state index is 0.141. The number of thiophene rings is 1. The predicted octanol–water partition coefficient (Wildman–Crippen LogP) is 4.83. The van der Waals surface area contributed by atoms with Crippen LogP contribution in [0.15, 0.2) is 66.0 Å². The summed E-state index contributed by atoms with van der Waals surface area (Å²) in [6.45, 7) is 0.337. The minimum Gasteiger partial charge on any atom is -0.352 e.